The minimum absolute atomic E-state index is 0.106. The van der Waals surface area contributed by atoms with Crippen LogP contribution in [0.1, 0.15) is 58.7 Å². The number of likely N-dealkylation sites (tertiary alicyclic amines) is 1. The van der Waals surface area contributed by atoms with Crippen molar-refractivity contribution in [1.29, 1.82) is 0 Å². The van der Waals surface area contributed by atoms with Crippen molar-refractivity contribution in [3.05, 3.63) is 28.9 Å². The fourth-order valence-electron chi connectivity index (χ4n) is 4.65. The van der Waals surface area contributed by atoms with Crippen molar-refractivity contribution in [2.24, 2.45) is 0 Å². The molecule has 0 unspecified atom stereocenters. The van der Waals surface area contributed by atoms with E-state index in [0.29, 0.717) is 17.8 Å². The third-order valence-electron chi connectivity index (χ3n) is 6.11. The second-order valence-electron chi connectivity index (χ2n) is 7.93. The van der Waals surface area contributed by atoms with Crippen LogP contribution >= 0.6 is 11.3 Å². The molecule has 0 aromatic carbocycles. The van der Waals surface area contributed by atoms with Gasteiger partial charge in [0.25, 0.3) is 11.8 Å². The maximum absolute atomic E-state index is 12.7. The number of hydrogen-bond donors (Lipinski definition) is 2. The van der Waals surface area contributed by atoms with Crippen molar-refractivity contribution in [2.75, 3.05) is 13.1 Å². The lowest BCUT2D eigenvalue weighted by atomic mass is 9.95. The Bertz CT molecular complexity index is 889. The van der Waals surface area contributed by atoms with Gasteiger partial charge >= 0.3 is 0 Å². The standard InChI is InChI=1S/C20H24N4O2S/c25-19(23-15-10-13-4-5-14(15)22-13)16-8-12-9-17(27-18(12)11-21-16)20(26)24-6-2-1-3-7-24/h8-9,11,13-15,22H,1-7,10H2,(H,23,25)/t13-,14+,15-/m1/s1. The lowest BCUT2D eigenvalue weighted by Crippen LogP contribution is -2.43. The van der Waals surface area contributed by atoms with Gasteiger partial charge in [0.15, 0.2) is 0 Å². The van der Waals surface area contributed by atoms with Gasteiger partial charge in [-0.25, -0.2) is 4.98 Å². The summed E-state index contributed by atoms with van der Waals surface area (Å²) in [4.78, 5) is 32.4. The highest BCUT2D eigenvalue weighted by Gasteiger charge is 2.39. The Labute approximate surface area is 162 Å². The molecule has 7 heteroatoms. The van der Waals surface area contributed by atoms with Gasteiger partial charge in [-0.05, 0) is 56.0 Å². The van der Waals surface area contributed by atoms with Crippen molar-refractivity contribution in [1.82, 2.24) is 20.5 Å². The van der Waals surface area contributed by atoms with Gasteiger partial charge in [0.05, 0.1) is 9.58 Å². The highest BCUT2D eigenvalue weighted by Crippen LogP contribution is 2.29. The zero-order chi connectivity index (χ0) is 18.4. The number of carbonyl (C=O) groups is 2. The van der Waals surface area contributed by atoms with E-state index in [2.05, 4.69) is 15.6 Å². The number of hydrogen-bond acceptors (Lipinski definition) is 5. The Morgan fingerprint density at radius 3 is 2.78 bits per heavy atom. The maximum atomic E-state index is 12.7. The first kappa shape index (κ1) is 17.1. The van der Waals surface area contributed by atoms with Gasteiger partial charge in [0, 0.05) is 37.4 Å². The fraction of sp³-hybridized carbons (Fsp3) is 0.550. The minimum atomic E-state index is -0.119. The smallest absolute Gasteiger partial charge is 0.270 e. The minimum Gasteiger partial charge on any atom is -0.346 e. The number of aromatic nitrogens is 1. The molecule has 2 aromatic rings. The molecule has 2 bridgehead atoms. The van der Waals surface area contributed by atoms with E-state index in [9.17, 15) is 9.59 Å². The molecule has 2 N–H and O–H groups in total. The Hall–Kier alpha value is -1.99. The first-order valence-electron chi connectivity index (χ1n) is 9.93. The highest BCUT2D eigenvalue weighted by molar-refractivity contribution is 7.20. The third kappa shape index (κ3) is 3.23. The summed E-state index contributed by atoms with van der Waals surface area (Å²) in [6, 6.07) is 4.88. The summed E-state index contributed by atoms with van der Waals surface area (Å²) >= 11 is 1.47. The Kier molecular flexibility index (Phi) is 4.36. The van der Waals surface area contributed by atoms with Crippen molar-refractivity contribution in [3.8, 4) is 0 Å². The SMILES string of the molecule is O=C(N[C@@H]1C[C@H]2CC[C@@H]1N2)c1cc2cc(C(=O)N3CCCCC3)sc2cn1. The van der Waals surface area contributed by atoms with E-state index < -0.39 is 0 Å². The van der Waals surface area contributed by atoms with Crippen LogP contribution in [0.2, 0.25) is 0 Å². The van der Waals surface area contributed by atoms with Crippen LogP contribution in [0.15, 0.2) is 18.3 Å². The number of nitrogens with one attached hydrogen (secondary N) is 2. The van der Waals surface area contributed by atoms with E-state index in [4.69, 9.17) is 0 Å². The quantitative estimate of drug-likeness (QED) is 0.853. The molecule has 6 nitrogen and oxygen atoms in total. The van der Waals surface area contributed by atoms with Gasteiger partial charge in [0.1, 0.15) is 5.69 Å². The Morgan fingerprint density at radius 1 is 1.19 bits per heavy atom. The molecule has 3 aliphatic rings. The normalized spacial score (nSPS) is 27.3. The number of thiophene rings is 1. The van der Waals surface area contributed by atoms with Gasteiger partial charge in [-0.1, -0.05) is 0 Å². The molecule has 0 radical (unpaired) electrons. The molecule has 142 valence electrons. The number of carbonyl (C=O) groups excluding carboxylic acids is 2. The summed E-state index contributed by atoms with van der Waals surface area (Å²) in [6.45, 7) is 1.69. The second-order valence-corrected chi connectivity index (χ2v) is 9.02. The summed E-state index contributed by atoms with van der Waals surface area (Å²) in [5.74, 6) is -0.0127. The van der Waals surface area contributed by atoms with Crippen molar-refractivity contribution < 1.29 is 9.59 Å². The monoisotopic (exact) mass is 384 g/mol. The van der Waals surface area contributed by atoms with Crippen LogP contribution in [-0.2, 0) is 0 Å². The molecular weight excluding hydrogens is 360 g/mol. The lowest BCUT2D eigenvalue weighted by molar-refractivity contribution is 0.0729. The summed E-state index contributed by atoms with van der Waals surface area (Å²) in [5.41, 5.74) is 0.431. The molecule has 2 amide bonds. The van der Waals surface area contributed by atoms with Crippen LogP contribution in [0.3, 0.4) is 0 Å². The Balaban J connectivity index is 1.32. The van der Waals surface area contributed by atoms with Gasteiger partial charge in [-0.15, -0.1) is 11.3 Å². The molecule has 0 spiro atoms. The van der Waals surface area contributed by atoms with Crippen LogP contribution in [-0.4, -0.2) is 52.9 Å². The van der Waals surface area contributed by atoms with Crippen LogP contribution < -0.4 is 10.6 Å². The van der Waals surface area contributed by atoms with Crippen molar-refractivity contribution in [2.45, 2.75) is 56.7 Å². The zero-order valence-electron chi connectivity index (χ0n) is 15.2. The Morgan fingerprint density at radius 2 is 2.04 bits per heavy atom. The van der Waals surface area contributed by atoms with Gasteiger partial charge in [-0.2, -0.15) is 0 Å². The fourth-order valence-corrected chi connectivity index (χ4v) is 5.63. The molecule has 5 rings (SSSR count). The summed E-state index contributed by atoms with van der Waals surface area (Å²) in [7, 11) is 0. The number of amides is 2. The summed E-state index contributed by atoms with van der Waals surface area (Å²) in [6.07, 6.45) is 8.45. The van der Waals surface area contributed by atoms with Crippen molar-refractivity contribution in [3.63, 3.8) is 0 Å². The van der Waals surface area contributed by atoms with Crippen LogP contribution in [0.5, 0.6) is 0 Å². The topological polar surface area (TPSA) is 74.3 Å². The third-order valence-corrected chi connectivity index (χ3v) is 7.18. The first-order valence-corrected chi connectivity index (χ1v) is 10.7. The van der Waals surface area contributed by atoms with Crippen LogP contribution in [0, 0.1) is 0 Å². The van der Waals surface area contributed by atoms with E-state index in [1.165, 1.54) is 24.2 Å². The largest absolute Gasteiger partial charge is 0.346 e. The number of fused-ring (bicyclic) bond motifs is 3. The molecule has 27 heavy (non-hydrogen) atoms. The summed E-state index contributed by atoms with van der Waals surface area (Å²) < 4.78 is 0.952. The number of rotatable bonds is 3. The lowest BCUT2D eigenvalue weighted by Gasteiger charge is -2.26. The number of pyridine rings is 1. The summed E-state index contributed by atoms with van der Waals surface area (Å²) in [5, 5.41) is 7.60. The molecule has 3 saturated heterocycles. The van der Waals surface area contributed by atoms with E-state index in [1.807, 2.05) is 17.0 Å². The molecule has 0 saturated carbocycles. The predicted octanol–water partition coefficient (Wildman–Crippen LogP) is 2.55. The molecular formula is C20H24N4O2S. The van der Waals surface area contributed by atoms with Crippen LogP contribution in [0.4, 0.5) is 0 Å². The highest BCUT2D eigenvalue weighted by atomic mass is 32.1. The number of nitrogens with zero attached hydrogens (tertiary/aromatic N) is 2. The predicted molar refractivity (Wildman–Crippen MR) is 105 cm³/mol. The average Bonchev–Trinajstić information content (AvgIpc) is 3.42. The van der Waals surface area contributed by atoms with Gasteiger partial charge in [0.2, 0.25) is 0 Å². The molecule has 3 fully saturated rings. The average molecular weight is 385 g/mol. The van der Waals surface area contributed by atoms with Gasteiger partial charge in [-0.3, -0.25) is 9.59 Å². The van der Waals surface area contributed by atoms with E-state index in [1.54, 1.807) is 6.20 Å². The van der Waals surface area contributed by atoms with E-state index in [0.717, 1.165) is 53.7 Å². The molecule has 3 aliphatic heterocycles. The maximum Gasteiger partial charge on any atom is 0.270 e. The number of piperidine rings is 1. The van der Waals surface area contributed by atoms with E-state index >= 15 is 0 Å². The molecule has 5 heterocycles. The molecule has 2 aromatic heterocycles. The van der Waals surface area contributed by atoms with Crippen LogP contribution in [0.25, 0.3) is 10.1 Å². The second kappa shape index (κ2) is 6.87. The molecule has 0 aliphatic carbocycles. The van der Waals surface area contributed by atoms with E-state index in [-0.39, 0.29) is 17.9 Å². The van der Waals surface area contributed by atoms with Crippen molar-refractivity contribution >= 4 is 33.2 Å². The molecule has 3 atom stereocenters. The first-order chi connectivity index (χ1) is 13.2. The van der Waals surface area contributed by atoms with Gasteiger partial charge < -0.3 is 15.5 Å². The zero-order valence-corrected chi connectivity index (χ0v) is 16.1.